The van der Waals surface area contributed by atoms with Gasteiger partial charge in [-0.25, -0.2) is 4.98 Å². The van der Waals surface area contributed by atoms with Crippen LogP contribution in [-0.2, 0) is 4.79 Å². The molecule has 6 nitrogen and oxygen atoms in total. The summed E-state index contributed by atoms with van der Waals surface area (Å²) in [6, 6.07) is 3.03. The number of carbonyl (C=O) groups is 2. The molecule has 9 heteroatoms. The third-order valence-electron chi connectivity index (χ3n) is 3.98. The van der Waals surface area contributed by atoms with E-state index >= 15 is 0 Å². The van der Waals surface area contributed by atoms with Crippen molar-refractivity contribution in [1.82, 2.24) is 14.3 Å². The third-order valence-corrected chi connectivity index (χ3v) is 3.98. The minimum atomic E-state index is -4.66. The van der Waals surface area contributed by atoms with Gasteiger partial charge in [0, 0.05) is 31.7 Å². The van der Waals surface area contributed by atoms with Crippen LogP contribution in [0.1, 0.15) is 10.4 Å². The topological polar surface area (TPSA) is 74.9 Å². The lowest BCUT2D eigenvalue weighted by Gasteiger charge is -2.18. The maximum absolute atomic E-state index is 13.0. The van der Waals surface area contributed by atoms with Gasteiger partial charge >= 0.3 is 12.1 Å². The minimum absolute atomic E-state index is 0.183. The fourth-order valence-corrected chi connectivity index (χ4v) is 2.78. The lowest BCUT2D eigenvalue weighted by atomic mass is 9.96. The van der Waals surface area contributed by atoms with Gasteiger partial charge in [0.25, 0.3) is 5.91 Å². The number of alkyl halides is 3. The largest absolute Gasteiger partial charge is 0.481 e. The number of halogens is 3. The molecule has 1 N–H and O–H groups in total. The van der Waals surface area contributed by atoms with E-state index in [0.29, 0.717) is 5.65 Å². The molecular weight excluding hydrogens is 315 g/mol. The summed E-state index contributed by atoms with van der Waals surface area (Å²) in [5.74, 6) is -5.87. The van der Waals surface area contributed by atoms with E-state index in [-0.39, 0.29) is 5.56 Å². The number of imidazole rings is 1. The van der Waals surface area contributed by atoms with Gasteiger partial charge in [0.15, 0.2) is 0 Å². The molecule has 0 unspecified atom stereocenters. The van der Waals surface area contributed by atoms with Crippen molar-refractivity contribution in [2.75, 3.05) is 13.1 Å². The summed E-state index contributed by atoms with van der Waals surface area (Å²) < 4.78 is 40.5. The van der Waals surface area contributed by atoms with Gasteiger partial charge in [-0.15, -0.1) is 0 Å². The molecule has 1 saturated heterocycles. The van der Waals surface area contributed by atoms with Crippen LogP contribution in [0.2, 0.25) is 0 Å². The van der Waals surface area contributed by atoms with Gasteiger partial charge in [0.05, 0.1) is 17.4 Å². The summed E-state index contributed by atoms with van der Waals surface area (Å²) in [7, 11) is 0. The molecule has 0 radical (unpaired) electrons. The van der Waals surface area contributed by atoms with Crippen molar-refractivity contribution in [1.29, 1.82) is 0 Å². The number of amides is 1. The normalized spacial score (nSPS) is 21.8. The summed E-state index contributed by atoms with van der Waals surface area (Å²) in [6.07, 6.45) is -0.0675. The molecule has 2 atom stereocenters. The van der Waals surface area contributed by atoms with Gasteiger partial charge in [0.2, 0.25) is 0 Å². The lowest BCUT2D eigenvalue weighted by molar-refractivity contribution is -0.187. The number of carbonyl (C=O) groups excluding carboxylic acids is 1. The van der Waals surface area contributed by atoms with Crippen LogP contribution in [0.5, 0.6) is 0 Å². The first kappa shape index (κ1) is 15.3. The van der Waals surface area contributed by atoms with Crippen LogP contribution in [0.4, 0.5) is 13.2 Å². The Morgan fingerprint density at radius 2 is 2.00 bits per heavy atom. The van der Waals surface area contributed by atoms with Gasteiger partial charge in [0.1, 0.15) is 5.65 Å². The average molecular weight is 327 g/mol. The smallest absolute Gasteiger partial charge is 0.394 e. The van der Waals surface area contributed by atoms with Gasteiger partial charge in [-0.05, 0) is 12.1 Å². The third kappa shape index (κ3) is 2.73. The van der Waals surface area contributed by atoms with Crippen molar-refractivity contribution < 1.29 is 27.9 Å². The zero-order chi connectivity index (χ0) is 16.8. The number of carboxylic acid groups (broad SMARTS) is 1. The van der Waals surface area contributed by atoms with Crippen molar-refractivity contribution in [3.05, 3.63) is 36.3 Å². The Morgan fingerprint density at radius 3 is 2.61 bits per heavy atom. The standard InChI is InChI=1S/C14H12F3N3O3/c15-14(16,17)10-7-20(6-9(10)13(22)23)12(21)8-1-2-11-18-3-4-19(11)5-8/h1-5,9-10H,6-7H2,(H,22,23)/t9-,10-/m1/s1. The van der Waals surface area contributed by atoms with E-state index in [9.17, 15) is 22.8 Å². The van der Waals surface area contributed by atoms with Crippen molar-refractivity contribution >= 4 is 17.5 Å². The van der Waals surface area contributed by atoms with Crippen molar-refractivity contribution in [3.8, 4) is 0 Å². The highest BCUT2D eigenvalue weighted by molar-refractivity contribution is 5.95. The zero-order valence-electron chi connectivity index (χ0n) is 11.7. The van der Waals surface area contributed by atoms with Gasteiger partial charge in [-0.3, -0.25) is 9.59 Å². The van der Waals surface area contributed by atoms with E-state index in [0.717, 1.165) is 4.90 Å². The number of fused-ring (bicyclic) bond motifs is 1. The maximum Gasteiger partial charge on any atom is 0.394 e. The Morgan fingerprint density at radius 1 is 1.26 bits per heavy atom. The number of aromatic nitrogens is 2. The first-order valence-corrected chi connectivity index (χ1v) is 6.79. The molecule has 1 aliphatic heterocycles. The summed E-state index contributed by atoms with van der Waals surface area (Å²) in [6.45, 7) is -1.11. The molecule has 122 valence electrons. The molecule has 2 aromatic rings. The van der Waals surface area contributed by atoms with Gasteiger partial charge in [-0.1, -0.05) is 0 Å². The fraction of sp³-hybridized carbons (Fsp3) is 0.357. The molecule has 0 aromatic carbocycles. The van der Waals surface area contributed by atoms with Crippen LogP contribution in [0.25, 0.3) is 5.65 Å². The molecule has 0 bridgehead atoms. The summed E-state index contributed by atoms with van der Waals surface area (Å²) >= 11 is 0. The van der Waals surface area contributed by atoms with Gasteiger partial charge in [-0.2, -0.15) is 13.2 Å². The Hall–Kier alpha value is -2.58. The molecule has 0 saturated carbocycles. The number of carboxylic acids is 1. The van der Waals surface area contributed by atoms with Crippen LogP contribution in [0.15, 0.2) is 30.7 Å². The number of aliphatic carboxylic acids is 1. The van der Waals surface area contributed by atoms with E-state index in [1.54, 1.807) is 16.7 Å². The predicted octanol–water partition coefficient (Wildman–Crippen LogP) is 1.67. The average Bonchev–Trinajstić information content (AvgIpc) is 3.11. The molecule has 1 amide bonds. The summed E-state index contributed by atoms with van der Waals surface area (Å²) in [4.78, 5) is 28.4. The Kier molecular flexibility index (Phi) is 3.50. The van der Waals surface area contributed by atoms with E-state index in [2.05, 4.69) is 4.98 Å². The summed E-state index contributed by atoms with van der Waals surface area (Å²) in [5.41, 5.74) is 0.780. The van der Waals surface area contributed by atoms with Crippen molar-refractivity contribution in [2.24, 2.45) is 11.8 Å². The Balaban J connectivity index is 1.86. The van der Waals surface area contributed by atoms with Crippen LogP contribution in [-0.4, -0.2) is 50.5 Å². The summed E-state index contributed by atoms with van der Waals surface area (Å²) in [5, 5.41) is 8.98. The molecule has 23 heavy (non-hydrogen) atoms. The number of nitrogens with zero attached hydrogens (tertiary/aromatic N) is 3. The Labute approximate surface area is 128 Å². The fourth-order valence-electron chi connectivity index (χ4n) is 2.78. The van der Waals surface area contributed by atoms with Crippen LogP contribution < -0.4 is 0 Å². The van der Waals surface area contributed by atoms with E-state index in [1.165, 1.54) is 18.5 Å². The Bertz CT molecular complexity index is 771. The van der Waals surface area contributed by atoms with E-state index < -0.39 is 43.0 Å². The molecule has 3 rings (SSSR count). The second-order valence-corrected chi connectivity index (χ2v) is 5.41. The molecular formula is C14H12F3N3O3. The molecule has 3 heterocycles. The minimum Gasteiger partial charge on any atom is -0.481 e. The molecule has 1 fully saturated rings. The highest BCUT2D eigenvalue weighted by Crippen LogP contribution is 2.38. The second-order valence-electron chi connectivity index (χ2n) is 5.41. The number of likely N-dealkylation sites (tertiary alicyclic amines) is 1. The molecule has 1 aliphatic rings. The second kappa shape index (κ2) is 5.25. The first-order valence-electron chi connectivity index (χ1n) is 6.79. The monoisotopic (exact) mass is 327 g/mol. The van der Waals surface area contributed by atoms with E-state index in [4.69, 9.17) is 5.11 Å². The predicted molar refractivity (Wildman–Crippen MR) is 71.8 cm³/mol. The number of rotatable bonds is 2. The van der Waals surface area contributed by atoms with Crippen LogP contribution >= 0.6 is 0 Å². The zero-order valence-corrected chi connectivity index (χ0v) is 11.7. The van der Waals surface area contributed by atoms with Crippen molar-refractivity contribution in [3.63, 3.8) is 0 Å². The molecule has 2 aromatic heterocycles. The van der Waals surface area contributed by atoms with Gasteiger partial charge < -0.3 is 14.4 Å². The SMILES string of the molecule is O=C(O)[C@@H]1CN(C(=O)c2ccc3nccn3c2)C[C@H]1C(F)(F)F. The maximum atomic E-state index is 13.0. The number of hydrogen-bond acceptors (Lipinski definition) is 3. The lowest BCUT2D eigenvalue weighted by Crippen LogP contribution is -2.34. The highest BCUT2D eigenvalue weighted by atomic mass is 19.4. The first-order chi connectivity index (χ1) is 10.8. The van der Waals surface area contributed by atoms with Crippen molar-refractivity contribution in [2.45, 2.75) is 6.18 Å². The quantitative estimate of drug-likeness (QED) is 0.910. The number of hydrogen-bond donors (Lipinski definition) is 1. The highest BCUT2D eigenvalue weighted by Gasteiger charge is 2.53. The number of pyridine rings is 1. The van der Waals surface area contributed by atoms with Crippen LogP contribution in [0, 0.1) is 11.8 Å². The van der Waals surface area contributed by atoms with Crippen LogP contribution in [0.3, 0.4) is 0 Å². The molecule has 0 aliphatic carbocycles. The molecule has 0 spiro atoms. The van der Waals surface area contributed by atoms with E-state index in [1.807, 2.05) is 0 Å².